The maximum absolute atomic E-state index is 13.6. The number of nitro groups is 1. The van der Waals surface area contributed by atoms with Crippen molar-refractivity contribution in [3.05, 3.63) is 126 Å². The summed E-state index contributed by atoms with van der Waals surface area (Å²) in [6.45, 7) is 6.08. The largest absolute Gasteiger partial charge is 0.465 e. The second-order valence-corrected chi connectivity index (χ2v) is 17.6. The number of anilines is 2. The van der Waals surface area contributed by atoms with Crippen molar-refractivity contribution in [1.82, 2.24) is 4.98 Å². The predicted octanol–water partition coefficient (Wildman–Crippen LogP) is 8.59. The molecular formula is C51H50N4O16S. The van der Waals surface area contributed by atoms with Gasteiger partial charge in [-0.2, -0.15) is 0 Å². The summed E-state index contributed by atoms with van der Waals surface area (Å²) < 4.78 is 43.8. The van der Waals surface area contributed by atoms with E-state index in [1.54, 1.807) is 60.7 Å². The molecule has 1 aromatic heterocycles. The number of hydrogen-bond acceptors (Lipinski definition) is 20. The Morgan fingerprint density at radius 1 is 0.597 bits per heavy atom. The number of aromatic nitrogens is 1. The lowest BCUT2D eigenvalue weighted by molar-refractivity contribution is -0.384. The zero-order valence-corrected chi connectivity index (χ0v) is 39.6. The third kappa shape index (κ3) is 14.4. The number of nitrogens with zero attached hydrogens (tertiary/aromatic N) is 2. The van der Waals surface area contributed by atoms with Crippen molar-refractivity contribution in [3.8, 4) is 28.7 Å². The first-order valence-corrected chi connectivity index (χ1v) is 23.7. The lowest BCUT2D eigenvalue weighted by atomic mass is 9.82. The number of hydrogen-bond donors (Lipinski definition) is 2. The molecule has 72 heavy (non-hydrogen) atoms. The Morgan fingerprint density at radius 3 is 1.53 bits per heavy atom. The molecule has 2 saturated carbocycles. The van der Waals surface area contributed by atoms with Crippen LogP contribution in [0.5, 0.6) is 28.7 Å². The molecule has 0 bridgehead atoms. The van der Waals surface area contributed by atoms with Crippen LogP contribution in [0.25, 0.3) is 10.2 Å². The molecule has 2 aliphatic carbocycles. The van der Waals surface area contributed by atoms with Crippen LogP contribution < -0.4 is 34.5 Å². The molecule has 5 aromatic rings. The number of hydrazine groups is 1. The van der Waals surface area contributed by atoms with Gasteiger partial charge in [-0.1, -0.05) is 30.6 Å². The number of benzene rings is 4. The van der Waals surface area contributed by atoms with E-state index in [9.17, 15) is 38.9 Å². The summed E-state index contributed by atoms with van der Waals surface area (Å²) in [4.78, 5) is 90.7. The van der Waals surface area contributed by atoms with Gasteiger partial charge in [0, 0.05) is 30.7 Å². The molecule has 2 fully saturated rings. The summed E-state index contributed by atoms with van der Waals surface area (Å²) in [7, 11) is 0. The summed E-state index contributed by atoms with van der Waals surface area (Å²) in [5, 5.41) is 11.5. The summed E-state index contributed by atoms with van der Waals surface area (Å²) in [5.74, 6) is -2.95. The van der Waals surface area contributed by atoms with Crippen LogP contribution in [0.3, 0.4) is 0 Å². The molecule has 0 unspecified atom stereocenters. The average molecular weight is 1010 g/mol. The van der Waals surface area contributed by atoms with Crippen molar-refractivity contribution in [3.63, 3.8) is 0 Å². The van der Waals surface area contributed by atoms with Gasteiger partial charge in [-0.3, -0.25) is 40.1 Å². The van der Waals surface area contributed by atoms with E-state index in [-0.39, 0.29) is 37.6 Å². The molecule has 2 aliphatic rings. The van der Waals surface area contributed by atoms with E-state index in [4.69, 9.17) is 42.9 Å². The van der Waals surface area contributed by atoms with E-state index in [0.29, 0.717) is 102 Å². The Kier molecular flexibility index (Phi) is 17.9. The molecule has 7 rings (SSSR count). The van der Waals surface area contributed by atoms with Crippen molar-refractivity contribution in [2.45, 2.75) is 57.8 Å². The predicted molar refractivity (Wildman–Crippen MR) is 259 cm³/mol. The number of carbonyl (C=O) groups is 6. The third-order valence-electron chi connectivity index (χ3n) is 11.9. The average Bonchev–Trinajstić information content (AvgIpc) is 3.84. The van der Waals surface area contributed by atoms with Gasteiger partial charge in [0.25, 0.3) is 5.69 Å². The molecule has 0 atom stereocenters. The van der Waals surface area contributed by atoms with Crippen LogP contribution in [0.15, 0.2) is 110 Å². The Bertz CT molecular complexity index is 2760. The number of esters is 6. The second-order valence-electron chi connectivity index (χ2n) is 16.6. The van der Waals surface area contributed by atoms with Crippen LogP contribution in [0.1, 0.15) is 56.9 Å². The highest BCUT2D eigenvalue weighted by atomic mass is 32.1. The Hall–Kier alpha value is -8.33. The number of nitro benzene ring substituents is 1. The number of carbonyl (C=O) groups excluding carboxylic acids is 6. The Morgan fingerprint density at radius 2 is 1.06 bits per heavy atom. The zero-order chi connectivity index (χ0) is 51.0. The lowest BCUT2D eigenvalue weighted by Crippen LogP contribution is -2.30. The van der Waals surface area contributed by atoms with Gasteiger partial charge < -0.3 is 37.9 Å². The van der Waals surface area contributed by atoms with Crippen LogP contribution in [-0.4, -0.2) is 65.9 Å². The smallest absolute Gasteiger partial charge is 0.333 e. The molecule has 21 heteroatoms. The maximum atomic E-state index is 13.6. The van der Waals surface area contributed by atoms with Crippen LogP contribution in [0.4, 0.5) is 16.5 Å². The minimum atomic E-state index is -0.622. The Labute approximate surface area is 416 Å². The van der Waals surface area contributed by atoms with E-state index in [1.807, 2.05) is 0 Å². The summed E-state index contributed by atoms with van der Waals surface area (Å²) in [6.07, 6.45) is 5.72. The van der Waals surface area contributed by atoms with Gasteiger partial charge in [-0.25, -0.2) is 14.6 Å². The molecule has 20 nitrogen and oxygen atoms in total. The van der Waals surface area contributed by atoms with Gasteiger partial charge in [0.05, 0.1) is 45.6 Å². The number of thiazole rings is 1. The fourth-order valence-electron chi connectivity index (χ4n) is 7.90. The van der Waals surface area contributed by atoms with Crippen LogP contribution in [0.2, 0.25) is 0 Å². The number of fused-ring (bicyclic) bond motifs is 1. The second kappa shape index (κ2) is 25.0. The van der Waals surface area contributed by atoms with E-state index >= 15 is 0 Å². The number of nitrogens with one attached hydrogen (secondary N) is 2. The van der Waals surface area contributed by atoms with E-state index in [0.717, 1.165) is 17.7 Å². The molecule has 0 aliphatic heterocycles. The van der Waals surface area contributed by atoms with Crippen LogP contribution in [0, 0.1) is 33.8 Å². The summed E-state index contributed by atoms with van der Waals surface area (Å²) >= 11 is 1.26. The molecule has 376 valence electrons. The maximum Gasteiger partial charge on any atom is 0.333 e. The highest BCUT2D eigenvalue weighted by molar-refractivity contribution is 7.22. The molecule has 2 N–H and O–H groups in total. The molecule has 0 spiro atoms. The van der Waals surface area contributed by atoms with Gasteiger partial charge in [0.2, 0.25) is 18.7 Å². The monoisotopic (exact) mass is 1010 g/mol. The minimum Gasteiger partial charge on any atom is -0.465 e. The SMILES string of the molecule is C=CC(=O)OCOc1ccc(OC(=O)C2CCC(C(=O)OCCc3ccc(OC(=O)C4CCC(C(=O)Oc5ccc(OCOC(=O)C=C)cc5)CC4)c4nc(NNc5ccc([N+](=O)[O-])cc5)sc34)CC2)cc1. The molecule has 0 amide bonds. The highest BCUT2D eigenvalue weighted by Gasteiger charge is 2.34. The summed E-state index contributed by atoms with van der Waals surface area (Å²) in [6, 6.07) is 21.8. The van der Waals surface area contributed by atoms with Crippen molar-refractivity contribution in [1.29, 1.82) is 0 Å². The van der Waals surface area contributed by atoms with Crippen molar-refractivity contribution < 1.29 is 71.6 Å². The van der Waals surface area contributed by atoms with Crippen molar-refractivity contribution in [2.75, 3.05) is 31.0 Å². The molecule has 0 radical (unpaired) electrons. The Balaban J connectivity index is 0.910. The summed E-state index contributed by atoms with van der Waals surface area (Å²) in [5.41, 5.74) is 7.61. The first kappa shape index (κ1) is 51.5. The van der Waals surface area contributed by atoms with Crippen molar-refractivity contribution >= 4 is 73.9 Å². The van der Waals surface area contributed by atoms with E-state index < -0.39 is 58.4 Å². The van der Waals surface area contributed by atoms with E-state index in [1.165, 1.54) is 35.6 Å². The molecular weight excluding hydrogens is 957 g/mol. The highest BCUT2D eigenvalue weighted by Crippen LogP contribution is 2.38. The third-order valence-corrected chi connectivity index (χ3v) is 12.9. The molecule has 4 aromatic carbocycles. The zero-order valence-electron chi connectivity index (χ0n) is 38.8. The fraction of sp³-hybridized carbons (Fsp3) is 0.314. The van der Waals surface area contributed by atoms with Crippen molar-refractivity contribution in [2.24, 2.45) is 23.7 Å². The fourth-order valence-corrected chi connectivity index (χ4v) is 8.87. The lowest BCUT2D eigenvalue weighted by Gasteiger charge is -2.26. The van der Waals surface area contributed by atoms with E-state index in [2.05, 4.69) is 24.0 Å². The van der Waals surface area contributed by atoms with Crippen LogP contribution >= 0.6 is 11.3 Å². The quantitative estimate of drug-likeness (QED) is 0.0125. The van der Waals surface area contributed by atoms with Gasteiger partial charge in [0.15, 0.2) is 5.75 Å². The molecule has 0 saturated heterocycles. The topological polar surface area (TPSA) is 256 Å². The van der Waals surface area contributed by atoms with Crippen LogP contribution in [-0.2, 0) is 49.4 Å². The first-order chi connectivity index (χ1) is 34.8. The van der Waals surface area contributed by atoms with Gasteiger partial charge >= 0.3 is 35.8 Å². The first-order valence-electron chi connectivity index (χ1n) is 22.9. The number of non-ortho nitro benzene ring substituents is 1. The standard InChI is InChI=1S/C51H50N4O16S/c1-3-43(56)67-29-65-38-18-22-40(23-19-38)69-48(59)33-7-5-32(6-8-33)47(58)64-28-27-31-13-26-42(45-46(31)72-51(52-45)54-53-36-14-16-37(17-15-36)55(62)63)71-50(61)35-11-9-34(10-12-35)49(60)70-41-24-20-39(21-25-41)66-30-68-44(57)4-2/h3-4,13-26,32-35,53H,1-2,5-12,27-30H2,(H,52,54). The number of ether oxygens (including phenoxy) is 8. The van der Waals surface area contributed by atoms with Gasteiger partial charge in [-0.15, -0.1) is 0 Å². The minimum absolute atomic E-state index is 0.0492. The van der Waals surface area contributed by atoms with Gasteiger partial charge in [-0.05, 0) is 124 Å². The van der Waals surface area contributed by atoms with Gasteiger partial charge in [0.1, 0.15) is 28.5 Å². The normalized spacial score (nSPS) is 17.2. The molecule has 1 heterocycles. The number of rotatable bonds is 22.